The molecule has 0 N–H and O–H groups in total. The first kappa shape index (κ1) is 13.6. The van der Waals surface area contributed by atoms with E-state index >= 15 is 0 Å². The van der Waals surface area contributed by atoms with E-state index in [0.717, 1.165) is 20.9 Å². The smallest absolute Gasteiger partial charge is 0.255 e. The van der Waals surface area contributed by atoms with E-state index in [1.54, 1.807) is 18.2 Å². The van der Waals surface area contributed by atoms with E-state index in [-0.39, 0.29) is 11.0 Å². The molecule has 0 saturated heterocycles. The molecule has 0 atom stereocenters. The molecule has 0 aliphatic carbocycles. The molecule has 0 radical (unpaired) electrons. The average Bonchev–Trinajstić information content (AvgIpc) is 2.59. The van der Waals surface area contributed by atoms with Gasteiger partial charge in [-0.3, -0.25) is 4.68 Å². The Morgan fingerprint density at radius 3 is 2.56 bits per heavy atom. The van der Waals surface area contributed by atoms with Crippen molar-refractivity contribution in [1.29, 1.82) is 0 Å². The number of aromatic nitrogens is 2. The van der Waals surface area contributed by atoms with Crippen molar-refractivity contribution in [2.24, 2.45) is 0 Å². The van der Waals surface area contributed by atoms with Crippen LogP contribution in [0.1, 0.15) is 11.3 Å². The van der Waals surface area contributed by atoms with E-state index in [2.05, 4.69) is 37.0 Å². The van der Waals surface area contributed by atoms with E-state index in [4.69, 9.17) is 0 Å². The Kier molecular flexibility index (Phi) is 3.82. The van der Waals surface area contributed by atoms with Gasteiger partial charge in [-0.25, -0.2) is 0 Å². The van der Waals surface area contributed by atoms with Gasteiger partial charge in [0.2, 0.25) is 0 Å². The molecule has 96 valence electrons. The molecular weight excluding hydrogens is 377 g/mol. The van der Waals surface area contributed by atoms with Gasteiger partial charge in [0.05, 0.1) is 17.2 Å². The Hall–Kier alpha value is -0.820. The summed E-state index contributed by atoms with van der Waals surface area (Å²) in [5, 5.41) is 3.74. The fraction of sp³-hybridized carbons (Fsp3) is 0.182. The number of alkyl halides is 3. The summed E-state index contributed by atoms with van der Waals surface area (Å²) in [6.45, 7) is 0.0693. The van der Waals surface area contributed by atoms with Gasteiger partial charge in [-0.1, -0.05) is 28.1 Å². The lowest BCUT2D eigenvalue weighted by atomic mass is 10.2. The van der Waals surface area contributed by atoms with E-state index in [0.29, 0.717) is 0 Å². The third-order valence-corrected chi connectivity index (χ3v) is 3.36. The molecule has 1 aromatic heterocycles. The van der Waals surface area contributed by atoms with Gasteiger partial charge in [0.25, 0.3) is 0 Å². The molecule has 0 saturated carbocycles. The van der Waals surface area contributed by atoms with Crippen LogP contribution in [-0.2, 0) is 12.7 Å². The van der Waals surface area contributed by atoms with E-state index < -0.39 is 11.9 Å². The molecular formula is C11H7Br2F3N2. The topological polar surface area (TPSA) is 17.8 Å². The Labute approximate surface area is 118 Å². The normalized spacial score (nSPS) is 11.8. The zero-order chi connectivity index (χ0) is 13.3. The second kappa shape index (κ2) is 5.05. The van der Waals surface area contributed by atoms with Crippen molar-refractivity contribution in [1.82, 2.24) is 9.78 Å². The van der Waals surface area contributed by atoms with Crippen LogP contribution in [0.4, 0.5) is 13.2 Å². The lowest BCUT2D eigenvalue weighted by Gasteiger charge is -2.11. The van der Waals surface area contributed by atoms with Crippen LogP contribution in [-0.4, -0.2) is 9.78 Å². The third kappa shape index (κ3) is 2.95. The summed E-state index contributed by atoms with van der Waals surface area (Å²) in [7, 11) is 0. The standard InChI is InChI=1S/C11H7Br2F3N2/c12-8-3-1-2-7(4-8)6-18-10(11(14,15)16)9(13)5-17-18/h1-5H,6H2. The summed E-state index contributed by atoms with van der Waals surface area (Å²) in [4.78, 5) is 0. The van der Waals surface area contributed by atoms with Crippen LogP contribution < -0.4 is 0 Å². The maximum absolute atomic E-state index is 12.8. The van der Waals surface area contributed by atoms with Crippen molar-refractivity contribution < 1.29 is 13.2 Å². The van der Waals surface area contributed by atoms with Crippen LogP contribution in [0.2, 0.25) is 0 Å². The minimum Gasteiger partial charge on any atom is -0.255 e. The molecule has 0 amide bonds. The number of hydrogen-bond donors (Lipinski definition) is 0. The Morgan fingerprint density at radius 1 is 1.22 bits per heavy atom. The Balaban J connectivity index is 2.36. The summed E-state index contributed by atoms with van der Waals surface area (Å²) >= 11 is 6.15. The summed E-state index contributed by atoms with van der Waals surface area (Å²) in [5.41, 5.74) is -0.0343. The molecule has 1 heterocycles. The highest BCUT2D eigenvalue weighted by atomic mass is 79.9. The predicted octanol–water partition coefficient (Wildman–Crippen LogP) is 4.48. The van der Waals surface area contributed by atoms with Crippen LogP contribution in [0.5, 0.6) is 0 Å². The van der Waals surface area contributed by atoms with Gasteiger partial charge in [0.15, 0.2) is 5.69 Å². The van der Waals surface area contributed by atoms with Crippen LogP contribution in [0.3, 0.4) is 0 Å². The van der Waals surface area contributed by atoms with Crippen molar-refractivity contribution in [3.63, 3.8) is 0 Å². The van der Waals surface area contributed by atoms with Crippen molar-refractivity contribution in [3.8, 4) is 0 Å². The fourth-order valence-electron chi connectivity index (χ4n) is 1.57. The van der Waals surface area contributed by atoms with E-state index in [9.17, 15) is 13.2 Å². The summed E-state index contributed by atoms with van der Waals surface area (Å²) in [6, 6.07) is 7.09. The molecule has 0 spiro atoms. The molecule has 0 aliphatic heterocycles. The molecule has 1 aromatic carbocycles. The van der Waals surface area contributed by atoms with Crippen LogP contribution in [0.25, 0.3) is 0 Å². The number of hydrogen-bond acceptors (Lipinski definition) is 1. The summed E-state index contributed by atoms with van der Waals surface area (Å²) in [5.74, 6) is 0. The highest BCUT2D eigenvalue weighted by Crippen LogP contribution is 2.34. The third-order valence-electron chi connectivity index (χ3n) is 2.28. The molecule has 2 rings (SSSR count). The number of benzene rings is 1. The zero-order valence-electron chi connectivity index (χ0n) is 8.88. The molecule has 0 bridgehead atoms. The predicted molar refractivity (Wildman–Crippen MR) is 68.2 cm³/mol. The molecule has 0 aliphatic rings. The zero-order valence-corrected chi connectivity index (χ0v) is 12.1. The van der Waals surface area contributed by atoms with Gasteiger partial charge in [0, 0.05) is 4.47 Å². The Morgan fingerprint density at radius 2 is 1.94 bits per heavy atom. The fourth-order valence-corrected chi connectivity index (χ4v) is 2.54. The minimum absolute atomic E-state index is 0.0509. The highest BCUT2D eigenvalue weighted by Gasteiger charge is 2.37. The van der Waals surface area contributed by atoms with Gasteiger partial charge < -0.3 is 0 Å². The maximum atomic E-state index is 12.8. The summed E-state index contributed by atoms with van der Waals surface area (Å²) in [6.07, 6.45) is -3.28. The van der Waals surface area contributed by atoms with Gasteiger partial charge >= 0.3 is 6.18 Å². The second-order valence-electron chi connectivity index (χ2n) is 3.63. The van der Waals surface area contributed by atoms with Gasteiger partial charge in [-0.2, -0.15) is 18.3 Å². The van der Waals surface area contributed by atoms with Crippen molar-refractivity contribution in [3.05, 3.63) is 50.7 Å². The van der Waals surface area contributed by atoms with Crippen molar-refractivity contribution in [2.45, 2.75) is 12.7 Å². The minimum atomic E-state index is -4.43. The quantitative estimate of drug-likeness (QED) is 0.747. The van der Waals surface area contributed by atoms with E-state index in [1.165, 1.54) is 0 Å². The molecule has 2 nitrogen and oxygen atoms in total. The van der Waals surface area contributed by atoms with Crippen LogP contribution in [0, 0.1) is 0 Å². The largest absolute Gasteiger partial charge is 0.434 e. The monoisotopic (exact) mass is 382 g/mol. The Bertz CT molecular complexity index is 564. The first-order valence-electron chi connectivity index (χ1n) is 4.91. The lowest BCUT2D eigenvalue weighted by molar-refractivity contribution is -0.144. The first-order valence-corrected chi connectivity index (χ1v) is 6.49. The SMILES string of the molecule is FC(F)(F)c1c(Br)cnn1Cc1cccc(Br)c1. The van der Waals surface area contributed by atoms with Gasteiger partial charge in [0.1, 0.15) is 0 Å². The second-order valence-corrected chi connectivity index (χ2v) is 5.40. The van der Waals surface area contributed by atoms with Crippen LogP contribution >= 0.6 is 31.9 Å². The number of rotatable bonds is 2. The lowest BCUT2D eigenvalue weighted by Crippen LogP contribution is -2.15. The van der Waals surface area contributed by atoms with Gasteiger partial charge in [-0.15, -0.1) is 0 Å². The average molecular weight is 384 g/mol. The summed E-state index contributed by atoms with van der Waals surface area (Å²) < 4.78 is 40.2. The number of halogens is 5. The maximum Gasteiger partial charge on any atom is 0.434 e. The van der Waals surface area contributed by atoms with Crippen molar-refractivity contribution >= 4 is 31.9 Å². The highest BCUT2D eigenvalue weighted by molar-refractivity contribution is 9.10. The van der Waals surface area contributed by atoms with Crippen LogP contribution in [0.15, 0.2) is 39.4 Å². The molecule has 7 heteroatoms. The van der Waals surface area contributed by atoms with Crippen molar-refractivity contribution in [2.75, 3.05) is 0 Å². The molecule has 0 unspecified atom stereocenters. The first-order chi connectivity index (χ1) is 8.38. The molecule has 2 aromatic rings. The van der Waals surface area contributed by atoms with Gasteiger partial charge in [-0.05, 0) is 33.6 Å². The molecule has 18 heavy (non-hydrogen) atoms. The number of nitrogens with zero attached hydrogens (tertiary/aromatic N) is 2. The van der Waals surface area contributed by atoms with E-state index in [1.807, 2.05) is 6.07 Å². The molecule has 0 fully saturated rings.